The first-order chi connectivity index (χ1) is 7.16. The summed E-state index contributed by atoms with van der Waals surface area (Å²) in [6, 6.07) is 2.95. The van der Waals surface area contributed by atoms with E-state index in [1.54, 1.807) is 0 Å². The van der Waals surface area contributed by atoms with E-state index in [0.29, 0.717) is 6.04 Å². The summed E-state index contributed by atoms with van der Waals surface area (Å²) in [5, 5.41) is 3.63. The standard InChI is InChI=1S/C12H18BrNS/c1-8-6-11(15-12(8)13)7-14-9(2)10-4-3-5-10/h6,9-10,14H,3-5,7H2,1-2H3. The summed E-state index contributed by atoms with van der Waals surface area (Å²) in [7, 11) is 0. The minimum absolute atomic E-state index is 0.680. The van der Waals surface area contributed by atoms with Crippen molar-refractivity contribution >= 4 is 27.3 Å². The fraction of sp³-hybridized carbons (Fsp3) is 0.667. The Morgan fingerprint density at radius 2 is 2.33 bits per heavy atom. The second-order valence-electron chi connectivity index (χ2n) is 4.53. The summed E-state index contributed by atoms with van der Waals surface area (Å²) < 4.78 is 1.27. The molecule has 84 valence electrons. The molecular formula is C12H18BrNS. The van der Waals surface area contributed by atoms with Gasteiger partial charge in [-0.1, -0.05) is 6.42 Å². The minimum Gasteiger partial charge on any atom is -0.309 e. The quantitative estimate of drug-likeness (QED) is 0.879. The molecule has 1 aliphatic carbocycles. The molecule has 1 saturated carbocycles. The normalized spacial score (nSPS) is 18.9. The number of thiophene rings is 1. The lowest BCUT2D eigenvalue weighted by Gasteiger charge is -2.31. The van der Waals surface area contributed by atoms with E-state index < -0.39 is 0 Å². The predicted molar refractivity (Wildman–Crippen MR) is 70.4 cm³/mol. The van der Waals surface area contributed by atoms with E-state index in [-0.39, 0.29) is 0 Å². The van der Waals surface area contributed by atoms with Crippen LogP contribution in [-0.4, -0.2) is 6.04 Å². The zero-order chi connectivity index (χ0) is 10.8. The summed E-state index contributed by atoms with van der Waals surface area (Å²) in [4.78, 5) is 1.44. The van der Waals surface area contributed by atoms with Crippen molar-refractivity contribution in [2.24, 2.45) is 5.92 Å². The first-order valence-electron chi connectivity index (χ1n) is 5.65. The van der Waals surface area contributed by atoms with Crippen LogP contribution in [0.1, 0.15) is 36.6 Å². The molecule has 0 aromatic carbocycles. The zero-order valence-electron chi connectivity index (χ0n) is 9.35. The molecule has 0 aliphatic heterocycles. The van der Waals surface area contributed by atoms with E-state index >= 15 is 0 Å². The van der Waals surface area contributed by atoms with Crippen LogP contribution in [0.5, 0.6) is 0 Å². The fourth-order valence-corrected chi connectivity index (χ4v) is 3.56. The van der Waals surface area contributed by atoms with Crippen LogP contribution in [0.15, 0.2) is 9.85 Å². The van der Waals surface area contributed by atoms with Crippen LogP contribution in [0, 0.1) is 12.8 Å². The van der Waals surface area contributed by atoms with E-state index in [4.69, 9.17) is 0 Å². The van der Waals surface area contributed by atoms with Crippen molar-refractivity contribution in [1.29, 1.82) is 0 Å². The molecule has 15 heavy (non-hydrogen) atoms. The van der Waals surface area contributed by atoms with Gasteiger partial charge >= 0.3 is 0 Å². The Balaban J connectivity index is 1.81. The van der Waals surface area contributed by atoms with E-state index in [2.05, 4.69) is 41.2 Å². The van der Waals surface area contributed by atoms with Crippen LogP contribution in [0.4, 0.5) is 0 Å². The smallest absolute Gasteiger partial charge is 0.0730 e. The molecule has 1 nitrogen and oxygen atoms in total. The molecule has 0 radical (unpaired) electrons. The molecule has 2 rings (SSSR count). The van der Waals surface area contributed by atoms with Gasteiger partial charge in [0.05, 0.1) is 3.79 Å². The van der Waals surface area contributed by atoms with Crippen molar-refractivity contribution in [3.8, 4) is 0 Å². The molecule has 0 saturated heterocycles. The average molecular weight is 288 g/mol. The van der Waals surface area contributed by atoms with Gasteiger partial charge in [0.15, 0.2) is 0 Å². The van der Waals surface area contributed by atoms with Gasteiger partial charge in [0.25, 0.3) is 0 Å². The SMILES string of the molecule is Cc1cc(CNC(C)C2CCC2)sc1Br. The lowest BCUT2D eigenvalue weighted by Crippen LogP contribution is -2.36. The van der Waals surface area contributed by atoms with Crippen molar-refractivity contribution in [2.45, 2.75) is 45.7 Å². The third kappa shape index (κ3) is 2.83. The highest BCUT2D eigenvalue weighted by Crippen LogP contribution is 2.30. The maximum Gasteiger partial charge on any atom is 0.0730 e. The number of rotatable bonds is 4. The Bertz CT molecular complexity index is 311. The monoisotopic (exact) mass is 287 g/mol. The molecule has 1 fully saturated rings. The van der Waals surface area contributed by atoms with Gasteiger partial charge in [-0.2, -0.15) is 0 Å². The fourth-order valence-electron chi connectivity index (χ4n) is 1.98. The summed E-state index contributed by atoms with van der Waals surface area (Å²) in [5.41, 5.74) is 1.35. The Labute approximate surface area is 104 Å². The molecule has 1 N–H and O–H groups in total. The molecule has 0 bridgehead atoms. The van der Waals surface area contributed by atoms with Crippen molar-refractivity contribution < 1.29 is 0 Å². The lowest BCUT2D eigenvalue weighted by atomic mass is 9.80. The molecule has 3 heteroatoms. The van der Waals surface area contributed by atoms with Crippen LogP contribution in [0.25, 0.3) is 0 Å². The summed E-state index contributed by atoms with van der Waals surface area (Å²) >= 11 is 5.42. The largest absolute Gasteiger partial charge is 0.309 e. The van der Waals surface area contributed by atoms with Crippen LogP contribution in [-0.2, 0) is 6.54 Å². The second-order valence-corrected chi connectivity index (χ2v) is 6.98. The third-order valence-corrected chi connectivity index (χ3v) is 5.50. The van der Waals surface area contributed by atoms with Gasteiger partial charge in [0.1, 0.15) is 0 Å². The minimum atomic E-state index is 0.680. The highest BCUT2D eigenvalue weighted by molar-refractivity contribution is 9.11. The van der Waals surface area contributed by atoms with Crippen molar-refractivity contribution in [3.63, 3.8) is 0 Å². The predicted octanol–water partition coefficient (Wildman–Crippen LogP) is 4.10. The number of halogens is 1. The zero-order valence-corrected chi connectivity index (χ0v) is 11.7. The molecular weight excluding hydrogens is 270 g/mol. The average Bonchev–Trinajstić information content (AvgIpc) is 2.40. The van der Waals surface area contributed by atoms with Gasteiger partial charge in [-0.25, -0.2) is 0 Å². The van der Waals surface area contributed by atoms with Crippen LogP contribution < -0.4 is 5.32 Å². The second kappa shape index (κ2) is 4.98. The van der Waals surface area contributed by atoms with E-state index in [1.807, 2.05) is 11.3 Å². The van der Waals surface area contributed by atoms with Crippen LogP contribution in [0.2, 0.25) is 0 Å². The molecule has 1 atom stereocenters. The van der Waals surface area contributed by atoms with E-state index in [0.717, 1.165) is 12.5 Å². The Morgan fingerprint density at radius 3 is 2.80 bits per heavy atom. The lowest BCUT2D eigenvalue weighted by molar-refractivity contribution is 0.240. The molecule has 1 aromatic heterocycles. The van der Waals surface area contributed by atoms with Gasteiger partial charge in [0, 0.05) is 17.5 Å². The molecule has 0 amide bonds. The van der Waals surface area contributed by atoms with Gasteiger partial charge in [-0.15, -0.1) is 11.3 Å². The molecule has 1 heterocycles. The summed E-state index contributed by atoms with van der Waals surface area (Å²) in [6.45, 7) is 5.49. The molecule has 1 aromatic rings. The highest BCUT2D eigenvalue weighted by atomic mass is 79.9. The Hall–Kier alpha value is 0.140. The summed E-state index contributed by atoms with van der Waals surface area (Å²) in [5.74, 6) is 0.925. The number of hydrogen-bond donors (Lipinski definition) is 1. The Kier molecular flexibility index (Phi) is 3.86. The van der Waals surface area contributed by atoms with Crippen LogP contribution in [0.3, 0.4) is 0 Å². The van der Waals surface area contributed by atoms with Crippen molar-refractivity contribution in [1.82, 2.24) is 5.32 Å². The maximum atomic E-state index is 3.63. The molecule has 0 spiro atoms. The van der Waals surface area contributed by atoms with E-state index in [9.17, 15) is 0 Å². The van der Waals surface area contributed by atoms with Gasteiger partial charge in [-0.3, -0.25) is 0 Å². The van der Waals surface area contributed by atoms with Crippen molar-refractivity contribution in [3.05, 3.63) is 20.3 Å². The van der Waals surface area contributed by atoms with Crippen LogP contribution >= 0.6 is 27.3 Å². The van der Waals surface area contributed by atoms with Gasteiger partial charge in [0.2, 0.25) is 0 Å². The highest BCUT2D eigenvalue weighted by Gasteiger charge is 2.23. The topological polar surface area (TPSA) is 12.0 Å². The van der Waals surface area contributed by atoms with Gasteiger partial charge in [-0.05, 0) is 60.2 Å². The first-order valence-corrected chi connectivity index (χ1v) is 7.26. The number of aryl methyl sites for hydroxylation is 1. The van der Waals surface area contributed by atoms with Crippen molar-refractivity contribution in [2.75, 3.05) is 0 Å². The first kappa shape index (κ1) is 11.6. The summed E-state index contributed by atoms with van der Waals surface area (Å²) in [6.07, 6.45) is 4.27. The number of hydrogen-bond acceptors (Lipinski definition) is 2. The van der Waals surface area contributed by atoms with Gasteiger partial charge < -0.3 is 5.32 Å². The third-order valence-electron chi connectivity index (χ3n) is 3.36. The Morgan fingerprint density at radius 1 is 1.60 bits per heavy atom. The number of nitrogens with one attached hydrogen (secondary N) is 1. The molecule has 1 aliphatic rings. The molecule has 1 unspecified atom stereocenters. The maximum absolute atomic E-state index is 3.63. The van der Waals surface area contributed by atoms with E-state index in [1.165, 1.54) is 33.5 Å².